The minimum Gasteiger partial charge on any atom is -0.292 e. The molecule has 7 aliphatic carbocycles. The molecule has 7 saturated carbocycles. The van der Waals surface area contributed by atoms with Crippen molar-refractivity contribution in [3.05, 3.63) is 187 Å². The zero-order valence-corrected chi connectivity index (χ0v) is 97.3. The average Bonchev–Trinajstić information content (AvgIpc) is 1.58. The molecular weight excluding hydrogens is 1720 g/mol. The lowest BCUT2D eigenvalue weighted by molar-refractivity contribution is 0.104. The zero-order valence-electron chi connectivity index (χ0n) is 97.3. The predicted octanol–water partition coefficient (Wildman–Crippen LogP) is 27.7. The van der Waals surface area contributed by atoms with Gasteiger partial charge in [-0.3, -0.25) is 59.2 Å². The van der Waals surface area contributed by atoms with E-state index < -0.39 is 0 Å². The summed E-state index contributed by atoms with van der Waals surface area (Å²) in [4.78, 5) is 57.8. The van der Waals surface area contributed by atoms with Gasteiger partial charge in [0.15, 0.2) is 0 Å². The van der Waals surface area contributed by atoms with Crippen LogP contribution in [-0.4, -0.2) is 213 Å². The number of piperidine rings is 7. The van der Waals surface area contributed by atoms with Gasteiger partial charge in [0.25, 0.3) is 0 Å². The molecule has 0 unspecified atom stereocenters. The molecule has 7 aromatic rings. The van der Waals surface area contributed by atoms with E-state index in [-0.39, 0.29) is 22.2 Å². The van der Waals surface area contributed by atoms with Crippen LogP contribution in [0.4, 0.5) is 0 Å². The Bertz CT molecular complexity index is 3890. The van der Waals surface area contributed by atoms with Crippen LogP contribution >= 0.6 is 0 Å². The summed E-state index contributed by atoms with van der Waals surface area (Å²) in [7, 11) is 0. The Balaban J connectivity index is 0.000000196. The van der Waals surface area contributed by atoms with Gasteiger partial charge in [0.1, 0.15) is 12.2 Å². The first-order chi connectivity index (χ1) is 66.0. The summed E-state index contributed by atoms with van der Waals surface area (Å²) in [5.41, 5.74) is 13.3. The molecule has 784 valence electrons. The van der Waals surface area contributed by atoms with Crippen LogP contribution in [0.5, 0.6) is 0 Å². The largest absolute Gasteiger partial charge is 0.292 e. The number of fused-ring (bicyclic) bond motifs is 7. The summed E-state index contributed by atoms with van der Waals surface area (Å²) < 4.78 is 0. The fourth-order valence-corrected chi connectivity index (χ4v) is 29.0. The van der Waals surface area contributed by atoms with Crippen LogP contribution < -0.4 is 0 Å². The normalized spacial score (nSPS) is 32.3. The summed E-state index contributed by atoms with van der Waals surface area (Å²) >= 11 is 0. The van der Waals surface area contributed by atoms with E-state index in [1.54, 1.807) is 18.7 Å². The highest BCUT2D eigenvalue weighted by Crippen LogP contribution is 2.69. The van der Waals surface area contributed by atoms with Gasteiger partial charge in [-0.1, -0.05) is 109 Å². The van der Waals surface area contributed by atoms with Crippen LogP contribution in [0.15, 0.2) is 147 Å². The van der Waals surface area contributed by atoms with E-state index in [2.05, 4.69) is 332 Å². The van der Waals surface area contributed by atoms with Crippen molar-refractivity contribution in [2.75, 3.05) is 0 Å². The van der Waals surface area contributed by atoms with Gasteiger partial charge in [0, 0.05) is 216 Å². The Hall–Kier alpha value is -6.51. The van der Waals surface area contributed by atoms with E-state index in [0.717, 1.165) is 104 Å². The molecule has 0 bridgehead atoms. The SMILES string of the molecule is CC.CC.CC.CC.CC.CC.CC.C[C@@H]1C[C@@]2(Cc3ccccn3)C[C@H]2N1C(C)(C)C.C[C@@H]1C[C@@]2(Cc3cccnc3)C[C@H]2N1C(C)(C)C.C[C@@H]1C[C@@]2(Cc3cccnn3)C[C@H]2N1C(C)(C)C.C[C@@H]1C[C@@]2(Cc3ccncc3)C[C@H]2N1C(C)(C)C.C[C@@H]1C[C@@]2(Cc3ccncn3)C[C@H]2N1C(C)(C)C.C[C@@H]1C[C@@]2(Cc3cnccn3)C[C@H]2N1C(C)(C)C.C[C@@H]1C[C@@]2(Cc3ncccn3)C[C@H]2N1C(C)(C)C. The van der Waals surface area contributed by atoms with Gasteiger partial charge in [0.2, 0.25) is 0 Å². The number of nitrogens with zero attached hydrogens (tertiary/aromatic N) is 18. The Labute approximate surface area is 858 Å². The third-order valence-electron chi connectivity index (χ3n) is 32.5. The fourth-order valence-electron chi connectivity index (χ4n) is 29.0. The van der Waals surface area contributed by atoms with E-state index in [4.69, 9.17) is 0 Å². The van der Waals surface area contributed by atoms with Crippen LogP contribution in [0.3, 0.4) is 0 Å². The lowest BCUT2D eigenvalue weighted by Gasteiger charge is -2.37. The molecule has 0 amide bonds. The second kappa shape index (κ2) is 48.4. The number of aromatic nitrogens is 11. The second-order valence-electron chi connectivity index (χ2n) is 50.0. The highest BCUT2D eigenvalue weighted by molar-refractivity contribution is 5.31. The van der Waals surface area contributed by atoms with Gasteiger partial charge in [0.05, 0.1) is 11.4 Å². The van der Waals surface area contributed by atoms with Crippen LogP contribution in [0.1, 0.15) is 420 Å². The molecule has 7 aliphatic heterocycles. The van der Waals surface area contributed by atoms with Crippen LogP contribution in [0, 0.1) is 37.9 Å². The maximum atomic E-state index is 4.51. The summed E-state index contributed by atoms with van der Waals surface area (Å²) in [6.07, 6.45) is 50.9. The van der Waals surface area contributed by atoms with Crippen molar-refractivity contribution in [1.29, 1.82) is 0 Å². The molecule has 0 aromatic carbocycles. The molecule has 21 atom stereocenters. The standard InChI is InChI=1S/3C16H24N2.4C15H23N3.7C2H6/c1-12-9-16(10-13-5-7-17-8-6-13)11-14(16)18(12)15(2,3)4;1-12-8-16(9-13-6-5-7-17-11-13)10-14(16)18(12)15(2,3)4;1-12-9-16(10-13-7-5-6-8-17-13)11-14(16)18(12)15(2,3)4;1-11-7-15(8-12-10-16-5-6-17-12)9-13(15)18(11)14(2,3)4;1-11-7-15(8-12-5-6-16-10-17-12)9-13(15)18(11)14(2,3)4;1-11-8-15(10-13-16-6-5-7-17-13)9-12(15)18(11)14(2,3)4;1-11-8-15(9-12-6-5-7-16-17-12)10-13(15)18(11)14(2,3)4;7*1-2/h5-8,12,14H,9-11H2,1-4H3;5-7,11-12,14H,8-10H2,1-4H3;5-8,12,14H,9-11H2,1-4H3;2*5-6,10-11,13H,7-9H2,1-4H3;5-7,11-12H,8-10H2,1-4H3;5-7,11,13H,8-10H2,1-4H3;7*1-2H3/t3*12-,14-,16-;2*11-,13-,15-;11-,12-,15+;11-,13-,15-;;;;;;;/m1111111......./s1. The van der Waals surface area contributed by atoms with Gasteiger partial charge in [-0.2, -0.15) is 10.2 Å². The third kappa shape index (κ3) is 28.5. The van der Waals surface area contributed by atoms with Gasteiger partial charge < -0.3 is 0 Å². The van der Waals surface area contributed by atoms with E-state index in [1.165, 1.54) is 125 Å². The molecule has 0 spiro atoms. The van der Waals surface area contributed by atoms with Gasteiger partial charge in [-0.25, -0.2) is 19.9 Å². The first kappa shape index (κ1) is 119. The Morgan fingerprint density at radius 1 is 0.229 bits per heavy atom. The predicted molar refractivity (Wildman–Crippen MR) is 592 cm³/mol. The molecule has 0 N–H and O–H groups in total. The molecule has 7 saturated heterocycles. The van der Waals surface area contributed by atoms with Crippen LogP contribution in [0.25, 0.3) is 0 Å². The topological polar surface area (TPSA) is 164 Å². The monoisotopic (exact) mass is 1920 g/mol. The molecule has 21 rings (SSSR count). The maximum Gasteiger partial charge on any atom is 0.128 e. The van der Waals surface area contributed by atoms with Crippen molar-refractivity contribution in [3.63, 3.8) is 0 Å². The molecule has 140 heavy (non-hydrogen) atoms. The summed E-state index contributed by atoms with van der Waals surface area (Å²) in [6.45, 7) is 93.8. The van der Waals surface area contributed by atoms with Crippen LogP contribution in [0.2, 0.25) is 0 Å². The Morgan fingerprint density at radius 2 is 0.521 bits per heavy atom. The molecule has 14 heterocycles. The maximum absolute atomic E-state index is 4.51. The van der Waals surface area contributed by atoms with Gasteiger partial charge in [-0.15, -0.1) is 0 Å². The first-order valence-corrected chi connectivity index (χ1v) is 56.2. The highest BCUT2D eigenvalue weighted by atomic mass is 15.4. The average molecular weight is 1930 g/mol. The quantitative estimate of drug-likeness (QED) is 0.101. The summed E-state index contributed by atoms with van der Waals surface area (Å²) in [5, 5.41) is 8.26. The van der Waals surface area contributed by atoms with E-state index in [1.807, 2.05) is 177 Å². The van der Waals surface area contributed by atoms with E-state index in [9.17, 15) is 0 Å². The molecular formula is C122H206N18. The van der Waals surface area contributed by atoms with Crippen molar-refractivity contribution >= 4 is 0 Å². The molecule has 18 heteroatoms. The number of hydrogen-bond donors (Lipinski definition) is 0. The van der Waals surface area contributed by atoms with Crippen molar-refractivity contribution < 1.29 is 0 Å². The molecule has 18 nitrogen and oxygen atoms in total. The van der Waals surface area contributed by atoms with Crippen molar-refractivity contribution in [2.45, 2.75) is 549 Å². The first-order valence-electron chi connectivity index (χ1n) is 56.2. The fraction of sp³-hybridized carbons (Fsp3) is 0.746. The smallest absolute Gasteiger partial charge is 0.128 e. The number of rotatable bonds is 14. The molecule has 0 radical (unpaired) electrons. The molecule has 14 fully saturated rings. The van der Waals surface area contributed by atoms with Crippen molar-refractivity contribution in [3.8, 4) is 0 Å². The van der Waals surface area contributed by atoms with Gasteiger partial charge >= 0.3 is 0 Å². The van der Waals surface area contributed by atoms with Crippen molar-refractivity contribution in [1.82, 2.24) is 89.4 Å². The lowest BCUT2D eigenvalue weighted by Crippen LogP contribution is -2.45. The van der Waals surface area contributed by atoms with E-state index >= 15 is 0 Å². The van der Waals surface area contributed by atoms with Crippen molar-refractivity contribution in [2.24, 2.45) is 37.9 Å². The van der Waals surface area contributed by atoms with E-state index in [0.29, 0.717) is 84.7 Å². The second-order valence-corrected chi connectivity index (χ2v) is 50.0. The zero-order chi connectivity index (χ0) is 105. The van der Waals surface area contributed by atoms with Gasteiger partial charge in [-0.05, 0) is 426 Å². The third-order valence-corrected chi connectivity index (χ3v) is 32.5. The number of hydrogen-bond acceptors (Lipinski definition) is 18. The summed E-state index contributed by atoms with van der Waals surface area (Å²) in [6, 6.07) is 33.3. The minimum absolute atomic E-state index is 0.278. The summed E-state index contributed by atoms with van der Waals surface area (Å²) in [5.74, 6) is 1.02. The molecule has 7 aromatic heterocycles. The Kier molecular flexibility index (Phi) is 41.1. The highest BCUT2D eigenvalue weighted by Gasteiger charge is 2.71. The van der Waals surface area contributed by atoms with Crippen LogP contribution in [-0.2, 0) is 44.9 Å². The molecule has 14 aliphatic rings. The Morgan fingerprint density at radius 3 is 0.814 bits per heavy atom. The number of pyridine rings is 3. The minimum atomic E-state index is 0.278. The lowest BCUT2D eigenvalue weighted by atomic mass is 9.92. The number of likely N-dealkylation sites (tertiary alicyclic amines) is 7.